The number of ether oxygens (including phenoxy) is 19. The predicted molar refractivity (Wildman–Crippen MR) is 353 cm³/mol. The normalized spacial score (nSPS) is 51.5. The van der Waals surface area contributed by atoms with E-state index in [4.69, 9.17) is 90.0 Å². The fraction of sp³-hybridized carbons (Fsp3) is 0.969. The Morgan fingerprint density at radius 1 is 0.222 bits per heavy atom. The van der Waals surface area contributed by atoms with Crippen LogP contribution in [0.2, 0.25) is 0 Å². The van der Waals surface area contributed by atoms with Crippen LogP contribution in [0.1, 0.15) is 13.8 Å². The molecule has 680 valence electrons. The van der Waals surface area contributed by atoms with Gasteiger partial charge in [0.15, 0.2) is 62.9 Å². The summed E-state index contributed by atoms with van der Waals surface area (Å²) in [6.45, 7) is -9.16. The van der Waals surface area contributed by atoms with Gasteiger partial charge in [0.05, 0.1) is 66.1 Å². The van der Waals surface area contributed by atoms with E-state index in [2.05, 4.69) is 10.6 Å². The molecule has 0 radical (unpaired) electrons. The van der Waals surface area contributed by atoms with Crippen LogP contribution in [0, 0.1) is 0 Å². The molecule has 10 fully saturated rings. The summed E-state index contributed by atoms with van der Waals surface area (Å²) in [4.78, 5) is 25.0. The predicted octanol–water partition coefficient (Wildman–Crippen LogP) is -22.5. The van der Waals surface area contributed by atoms with E-state index < -0.39 is 385 Å². The van der Waals surface area contributed by atoms with Crippen molar-refractivity contribution in [2.75, 3.05) is 66.1 Å². The summed E-state index contributed by atoms with van der Waals surface area (Å²) in [7, 11) is 0. The smallest absolute Gasteiger partial charge is 0.217 e. The molecule has 0 spiro atoms. The molecular formula is C64H108N2O51. The SMILES string of the molecule is CC(=O)N[C@H]1[C@H](O[C@H]2[C@H](O)[C@@H](NC(C)=O)C(O)O[C@@H]2CO)O[C@H](CO)[C@@H](O[C@@H]2O[C@H](CO[C@H]3O[C@H](CO[C@H]4O[C@H](CO)[C@@H](O)[C@H](O)[C@@H]4O[C@H]4O[C@H](CO)[C@@H](O)[C@H](O)[C@@H]4O[C@H]4O[C@H](CO)[C@@H](O)[C@H](O)[C@@H]4O[C@H]4O[C@H](CO)[C@@H](O)[C@H](O)[C@@H]4O)[C@@H](O)[C@H](O[C@H]4O[C@H](CO)[C@@H](O)[C@H](O)[C@@H]4O)[C@@H]3O)[C@@H](O)[C@H](O[C@H]3O[C@H](CO)[C@@H](O)[C@H](O)[C@@H]3O)[C@@H]2O)[C@@H]1O. The molecule has 0 saturated carbocycles. The maximum Gasteiger partial charge on any atom is 0.217 e. The van der Waals surface area contributed by atoms with Crippen molar-refractivity contribution < 1.29 is 253 Å². The van der Waals surface area contributed by atoms with E-state index in [9.17, 15) is 163 Å². The molecule has 0 aromatic carbocycles. The third kappa shape index (κ3) is 20.7. The summed E-state index contributed by atoms with van der Waals surface area (Å²) < 4.78 is 111. The van der Waals surface area contributed by atoms with Gasteiger partial charge in [-0.3, -0.25) is 9.59 Å². The third-order valence-corrected chi connectivity index (χ3v) is 21.7. The molecule has 10 saturated heterocycles. The van der Waals surface area contributed by atoms with Crippen LogP contribution in [0.15, 0.2) is 0 Å². The van der Waals surface area contributed by atoms with Crippen molar-refractivity contribution in [3.8, 4) is 0 Å². The Hall–Kier alpha value is -3.02. The van der Waals surface area contributed by atoms with Gasteiger partial charge in [-0.15, -0.1) is 0 Å². The first-order valence-corrected chi connectivity index (χ1v) is 37.2. The molecule has 10 rings (SSSR count). The topological polar surface area (TPSA) is 840 Å². The number of aliphatic hydroxyl groups excluding tert-OH is 30. The van der Waals surface area contributed by atoms with Crippen LogP contribution in [0.3, 0.4) is 0 Å². The van der Waals surface area contributed by atoms with Crippen LogP contribution < -0.4 is 10.6 Å². The Balaban J connectivity index is 0.943. The van der Waals surface area contributed by atoms with Crippen molar-refractivity contribution in [2.24, 2.45) is 0 Å². The average Bonchev–Trinajstić information content (AvgIpc) is 0.772. The molecule has 0 aliphatic carbocycles. The third-order valence-electron chi connectivity index (χ3n) is 21.7. The zero-order valence-electron chi connectivity index (χ0n) is 61.9. The molecule has 1 unspecified atom stereocenters. The quantitative estimate of drug-likeness (QED) is 0.0318. The van der Waals surface area contributed by atoms with Gasteiger partial charge < -0.3 is 254 Å². The van der Waals surface area contributed by atoms with E-state index in [-0.39, 0.29) is 0 Å². The number of rotatable bonds is 30. The second kappa shape index (κ2) is 41.9. The highest BCUT2D eigenvalue weighted by Gasteiger charge is 2.61. The number of carbonyl (C=O) groups is 2. The lowest BCUT2D eigenvalue weighted by Gasteiger charge is -2.50. The Bertz CT molecular complexity index is 3050. The Morgan fingerprint density at radius 3 is 0.846 bits per heavy atom. The van der Waals surface area contributed by atoms with Crippen LogP contribution in [-0.4, -0.2) is 538 Å². The van der Waals surface area contributed by atoms with Crippen molar-refractivity contribution in [1.29, 1.82) is 0 Å². The van der Waals surface area contributed by atoms with Crippen LogP contribution in [0.25, 0.3) is 0 Å². The van der Waals surface area contributed by atoms with E-state index >= 15 is 0 Å². The average molecular weight is 1720 g/mol. The van der Waals surface area contributed by atoms with Gasteiger partial charge in [-0.2, -0.15) is 0 Å². The zero-order valence-corrected chi connectivity index (χ0v) is 61.9. The number of aliphatic hydroxyl groups is 30. The van der Waals surface area contributed by atoms with E-state index in [1.54, 1.807) is 0 Å². The van der Waals surface area contributed by atoms with Crippen molar-refractivity contribution in [3.63, 3.8) is 0 Å². The van der Waals surface area contributed by atoms with E-state index in [1.165, 1.54) is 0 Å². The van der Waals surface area contributed by atoms with Gasteiger partial charge in [-0.1, -0.05) is 0 Å². The minimum Gasteiger partial charge on any atom is -0.394 e. The molecule has 0 aromatic rings. The molecular weight excluding hydrogens is 1610 g/mol. The summed E-state index contributed by atoms with van der Waals surface area (Å²) in [6, 6.07) is -3.53. The molecule has 2 amide bonds. The molecule has 10 aliphatic rings. The highest BCUT2D eigenvalue weighted by Crippen LogP contribution is 2.40. The van der Waals surface area contributed by atoms with Crippen LogP contribution in [0.4, 0.5) is 0 Å². The maximum absolute atomic E-state index is 12.9. The van der Waals surface area contributed by atoms with Crippen molar-refractivity contribution in [1.82, 2.24) is 10.6 Å². The molecule has 50 atom stereocenters. The molecule has 117 heavy (non-hydrogen) atoms. The van der Waals surface area contributed by atoms with Crippen molar-refractivity contribution in [3.05, 3.63) is 0 Å². The molecule has 0 aromatic heterocycles. The lowest BCUT2D eigenvalue weighted by molar-refractivity contribution is -0.408. The number of amides is 2. The molecule has 0 bridgehead atoms. The van der Waals surface area contributed by atoms with Gasteiger partial charge in [0.25, 0.3) is 0 Å². The second-order valence-corrected chi connectivity index (χ2v) is 29.5. The maximum atomic E-state index is 12.9. The number of hydrogen-bond acceptors (Lipinski definition) is 51. The first-order chi connectivity index (χ1) is 55.4. The standard InChI is InChI=1S/C64H108N2O51/c1-13(75)65-25-35(85)48(21(9-73)101-55(25)98)111-56-26(66-14(2)76)36(86)49(22(10-74)108-56)112-61-47(97)51(114-59-44(94)38(88)28(78)16(4-68)103-59)34(84)24(110-61)11-99-57-46(96)50(113-58-43(93)37(87)27(77)15(3-67)102-58)33(83)23(109-57)12-100-62-52(40(90)30(80)18(6-70)105-62)116-64-54(42(92)32(82)20(8-72)107-64)117-63-53(41(91)31(81)19(7-71)106-63)115-60-45(95)39(89)29(79)17(5-69)104-60/h15-64,67-74,77-98H,3-12H2,1-2H3,(H,65,75)(H,66,76)/t15-,16-,17-,18-,19-,20-,21-,22-,23-,24-,25-,26-,27-,28-,29-,30-,31-,32-,33-,34-,35-,36-,37+,38+,39+,40+,41+,42+,43+,44+,45+,46+,47+,48-,49-,50+,51+,52+,53+,54+,55?,56+,57+,58-,59-,60-,61+,62+,63-,64-/m1/s1. The lowest BCUT2D eigenvalue weighted by Crippen LogP contribution is -2.70. The van der Waals surface area contributed by atoms with Gasteiger partial charge in [-0.05, 0) is 0 Å². The second-order valence-electron chi connectivity index (χ2n) is 29.5. The monoisotopic (exact) mass is 1720 g/mol. The van der Waals surface area contributed by atoms with E-state index in [1.807, 2.05) is 0 Å². The lowest BCUT2D eigenvalue weighted by atomic mass is 9.94. The molecule has 10 heterocycles. The van der Waals surface area contributed by atoms with Gasteiger partial charge in [0.2, 0.25) is 11.8 Å². The van der Waals surface area contributed by atoms with Crippen LogP contribution in [0.5, 0.6) is 0 Å². The number of nitrogens with one attached hydrogen (secondary N) is 2. The molecule has 10 aliphatic heterocycles. The van der Waals surface area contributed by atoms with Gasteiger partial charge in [-0.25, -0.2) is 0 Å². The highest BCUT2D eigenvalue weighted by atomic mass is 16.8. The van der Waals surface area contributed by atoms with Crippen LogP contribution in [-0.2, 0) is 99.6 Å². The number of carbonyl (C=O) groups excluding carboxylic acids is 2. The fourth-order valence-electron chi connectivity index (χ4n) is 15.0. The summed E-state index contributed by atoms with van der Waals surface area (Å²) in [5.74, 6) is -1.71. The minimum atomic E-state index is -2.47. The largest absolute Gasteiger partial charge is 0.394 e. The van der Waals surface area contributed by atoms with Gasteiger partial charge in [0.1, 0.15) is 244 Å². The summed E-state index contributed by atoms with van der Waals surface area (Å²) in [5, 5.41) is 336. The molecule has 32 N–H and O–H groups in total. The van der Waals surface area contributed by atoms with Gasteiger partial charge in [0, 0.05) is 13.8 Å². The Labute approximate surface area is 660 Å². The van der Waals surface area contributed by atoms with Crippen LogP contribution >= 0.6 is 0 Å². The highest BCUT2D eigenvalue weighted by molar-refractivity contribution is 5.73. The number of hydrogen-bond donors (Lipinski definition) is 32. The van der Waals surface area contributed by atoms with E-state index in [0.29, 0.717) is 0 Å². The fourth-order valence-corrected chi connectivity index (χ4v) is 15.0. The van der Waals surface area contributed by atoms with Crippen molar-refractivity contribution >= 4 is 11.8 Å². The first-order valence-electron chi connectivity index (χ1n) is 37.2. The molecule has 53 nitrogen and oxygen atoms in total. The first kappa shape index (κ1) is 96.2. The van der Waals surface area contributed by atoms with E-state index in [0.717, 1.165) is 13.8 Å². The molecule has 53 heteroatoms. The summed E-state index contributed by atoms with van der Waals surface area (Å²) in [5.41, 5.74) is 0. The summed E-state index contributed by atoms with van der Waals surface area (Å²) in [6.07, 6.45) is -103. The zero-order chi connectivity index (χ0) is 85.9. The van der Waals surface area contributed by atoms with Crippen molar-refractivity contribution in [2.45, 2.75) is 321 Å². The Morgan fingerprint density at radius 2 is 0.470 bits per heavy atom. The Kier molecular flexibility index (Phi) is 34.4. The minimum absolute atomic E-state index is 0.782. The summed E-state index contributed by atoms with van der Waals surface area (Å²) >= 11 is 0. The van der Waals surface area contributed by atoms with Gasteiger partial charge >= 0.3 is 0 Å².